The second-order valence-corrected chi connectivity index (χ2v) is 6.99. The number of rotatable bonds is 4. The molecule has 0 radical (unpaired) electrons. The largest absolute Gasteiger partial charge is 0.505 e. The highest BCUT2D eigenvalue weighted by molar-refractivity contribution is 5.94. The van der Waals surface area contributed by atoms with Crippen molar-refractivity contribution in [1.82, 2.24) is 15.1 Å². The normalized spacial score (nSPS) is 24.0. The van der Waals surface area contributed by atoms with Gasteiger partial charge in [0.05, 0.1) is 18.4 Å². The molecule has 0 atom stereocenters. The maximum absolute atomic E-state index is 12.4. The molecule has 5 rings (SSSR count). The number of aryl methyl sites for hydroxylation is 1. The molecule has 1 aliphatic carbocycles. The first-order chi connectivity index (χ1) is 12.0. The highest BCUT2D eigenvalue weighted by Crippen LogP contribution is 2.49. The first-order valence-electron chi connectivity index (χ1n) is 8.26. The van der Waals surface area contributed by atoms with Crippen LogP contribution in [0.15, 0.2) is 35.1 Å². The van der Waals surface area contributed by atoms with Gasteiger partial charge in [0.2, 0.25) is 0 Å². The molecule has 2 bridgehead atoms. The average molecular weight is 341 g/mol. The van der Waals surface area contributed by atoms with E-state index in [0.29, 0.717) is 24.9 Å². The van der Waals surface area contributed by atoms with E-state index < -0.39 is 17.2 Å². The van der Waals surface area contributed by atoms with Crippen LogP contribution in [0.3, 0.4) is 0 Å². The van der Waals surface area contributed by atoms with Crippen LogP contribution < -0.4 is 10.9 Å². The molecule has 1 amide bonds. The van der Waals surface area contributed by atoms with Gasteiger partial charge in [-0.2, -0.15) is 9.78 Å². The summed E-state index contributed by atoms with van der Waals surface area (Å²) in [7, 11) is 0. The summed E-state index contributed by atoms with van der Waals surface area (Å²) < 4.78 is 6.65. The molecule has 3 heterocycles. The van der Waals surface area contributed by atoms with Crippen LogP contribution in [0.25, 0.3) is 5.69 Å². The van der Waals surface area contributed by atoms with Crippen molar-refractivity contribution in [2.45, 2.75) is 25.9 Å². The van der Waals surface area contributed by atoms with E-state index in [0.717, 1.165) is 29.2 Å². The first kappa shape index (κ1) is 15.8. The quantitative estimate of drug-likeness (QED) is 0.870. The second-order valence-electron chi connectivity index (χ2n) is 6.99. The third kappa shape index (κ3) is 2.80. The number of fused-ring (bicyclic) bond motifs is 1. The average Bonchev–Trinajstić information content (AvgIpc) is 3.15. The minimum Gasteiger partial charge on any atom is -0.505 e. The molecule has 25 heavy (non-hydrogen) atoms. The molecule has 0 spiro atoms. The van der Waals surface area contributed by atoms with Gasteiger partial charge in [-0.05, 0) is 31.9 Å². The number of amides is 1. The Kier molecular flexibility index (Phi) is 3.61. The minimum atomic E-state index is -0.498. The van der Waals surface area contributed by atoms with Crippen LogP contribution in [-0.2, 0) is 4.74 Å². The van der Waals surface area contributed by atoms with Gasteiger partial charge in [0.15, 0.2) is 11.4 Å². The standard InChI is InChI=1S/C18H19N3O4/c1-11-2-4-12(5-3-11)21-15(23)6-14(22)16(20-21)17(24)19-9-18-7-13(8-18)25-10-18/h2-6,13,22H,7-10H2,1H3,(H,19,24). The van der Waals surface area contributed by atoms with Gasteiger partial charge in [0.1, 0.15) is 0 Å². The van der Waals surface area contributed by atoms with Crippen LogP contribution in [0.2, 0.25) is 0 Å². The van der Waals surface area contributed by atoms with Crippen molar-refractivity contribution in [2.75, 3.05) is 13.2 Å². The molecule has 2 aromatic rings. The number of hydrogen-bond donors (Lipinski definition) is 2. The Bertz CT molecular complexity index is 877. The second kappa shape index (κ2) is 5.70. The zero-order valence-electron chi connectivity index (χ0n) is 13.9. The van der Waals surface area contributed by atoms with Crippen molar-refractivity contribution < 1.29 is 14.6 Å². The fourth-order valence-electron chi connectivity index (χ4n) is 3.46. The van der Waals surface area contributed by atoms with Gasteiger partial charge in [-0.1, -0.05) is 17.7 Å². The third-order valence-electron chi connectivity index (χ3n) is 4.98. The van der Waals surface area contributed by atoms with E-state index >= 15 is 0 Å². The van der Waals surface area contributed by atoms with Crippen molar-refractivity contribution in [1.29, 1.82) is 0 Å². The summed E-state index contributed by atoms with van der Waals surface area (Å²) in [6.07, 6.45) is 2.23. The predicted octanol–water partition coefficient (Wildman–Crippen LogP) is 1.16. The lowest BCUT2D eigenvalue weighted by Gasteiger charge is -2.35. The number of aromatic nitrogens is 2. The Labute approximate surface area is 144 Å². The lowest BCUT2D eigenvalue weighted by Crippen LogP contribution is -2.44. The lowest BCUT2D eigenvalue weighted by atomic mass is 9.70. The van der Waals surface area contributed by atoms with Crippen molar-refractivity contribution in [3.8, 4) is 11.4 Å². The summed E-state index contributed by atoms with van der Waals surface area (Å²) in [5, 5.41) is 16.9. The van der Waals surface area contributed by atoms with Crippen LogP contribution in [0.4, 0.5) is 0 Å². The Morgan fingerprint density at radius 2 is 2.12 bits per heavy atom. The van der Waals surface area contributed by atoms with Gasteiger partial charge in [-0.3, -0.25) is 9.59 Å². The molecule has 2 aliphatic heterocycles. The van der Waals surface area contributed by atoms with Crippen LogP contribution in [0.1, 0.15) is 28.9 Å². The molecule has 3 fully saturated rings. The zero-order chi connectivity index (χ0) is 17.6. The highest BCUT2D eigenvalue weighted by atomic mass is 16.5. The monoisotopic (exact) mass is 341 g/mol. The number of ether oxygens (including phenoxy) is 1. The van der Waals surface area contributed by atoms with Crippen molar-refractivity contribution in [3.63, 3.8) is 0 Å². The summed E-state index contributed by atoms with van der Waals surface area (Å²) in [5.41, 5.74) is 0.940. The van der Waals surface area contributed by atoms with Crippen LogP contribution in [0.5, 0.6) is 5.75 Å². The topological polar surface area (TPSA) is 93.5 Å². The number of benzene rings is 1. The van der Waals surface area contributed by atoms with Gasteiger partial charge in [-0.25, -0.2) is 0 Å². The van der Waals surface area contributed by atoms with E-state index in [2.05, 4.69) is 10.4 Å². The highest BCUT2D eigenvalue weighted by Gasteiger charge is 2.51. The predicted molar refractivity (Wildman–Crippen MR) is 90.0 cm³/mol. The van der Waals surface area contributed by atoms with Gasteiger partial charge < -0.3 is 15.2 Å². The maximum Gasteiger partial charge on any atom is 0.275 e. The Balaban J connectivity index is 1.58. The van der Waals surface area contributed by atoms with Crippen LogP contribution in [-0.4, -0.2) is 40.0 Å². The molecule has 2 saturated heterocycles. The molecular formula is C18H19N3O4. The molecule has 1 saturated carbocycles. The molecule has 7 heteroatoms. The summed E-state index contributed by atoms with van der Waals surface area (Å²) >= 11 is 0. The molecule has 1 aromatic carbocycles. The summed E-state index contributed by atoms with van der Waals surface area (Å²) in [6, 6.07) is 8.19. The molecular weight excluding hydrogens is 322 g/mol. The Morgan fingerprint density at radius 1 is 1.40 bits per heavy atom. The number of carbonyl (C=O) groups is 1. The maximum atomic E-state index is 12.4. The molecule has 7 nitrogen and oxygen atoms in total. The van der Waals surface area contributed by atoms with Crippen LogP contribution >= 0.6 is 0 Å². The Hall–Kier alpha value is -2.67. The summed E-state index contributed by atoms with van der Waals surface area (Å²) in [4.78, 5) is 24.6. The van der Waals surface area contributed by atoms with Crippen molar-refractivity contribution in [3.05, 3.63) is 51.9 Å². The summed E-state index contributed by atoms with van der Waals surface area (Å²) in [5.74, 6) is -0.916. The number of carbonyl (C=O) groups excluding carboxylic acids is 1. The SMILES string of the molecule is Cc1ccc(-n2nc(C(=O)NCC34COC(C3)C4)c(O)cc2=O)cc1. The van der Waals surface area contributed by atoms with E-state index in [1.165, 1.54) is 0 Å². The van der Waals surface area contributed by atoms with E-state index in [-0.39, 0.29) is 11.1 Å². The number of nitrogens with zero attached hydrogens (tertiary/aromatic N) is 2. The van der Waals surface area contributed by atoms with E-state index in [1.54, 1.807) is 12.1 Å². The lowest BCUT2D eigenvalue weighted by molar-refractivity contribution is 0.0880. The van der Waals surface area contributed by atoms with Crippen molar-refractivity contribution >= 4 is 5.91 Å². The third-order valence-corrected chi connectivity index (χ3v) is 4.98. The van der Waals surface area contributed by atoms with E-state index in [4.69, 9.17) is 4.74 Å². The minimum absolute atomic E-state index is 0.0152. The molecule has 0 unspecified atom stereocenters. The number of aromatic hydroxyl groups is 1. The zero-order valence-corrected chi connectivity index (χ0v) is 13.9. The fraction of sp³-hybridized carbons (Fsp3) is 0.389. The van der Waals surface area contributed by atoms with Crippen LogP contribution in [0, 0.1) is 12.3 Å². The molecule has 1 aromatic heterocycles. The summed E-state index contributed by atoms with van der Waals surface area (Å²) in [6.45, 7) is 3.07. The van der Waals surface area contributed by atoms with E-state index in [1.807, 2.05) is 19.1 Å². The molecule has 130 valence electrons. The van der Waals surface area contributed by atoms with E-state index in [9.17, 15) is 14.7 Å². The number of nitrogens with one attached hydrogen (secondary N) is 1. The first-order valence-corrected chi connectivity index (χ1v) is 8.26. The smallest absolute Gasteiger partial charge is 0.275 e. The Morgan fingerprint density at radius 3 is 2.76 bits per heavy atom. The fourth-order valence-corrected chi connectivity index (χ4v) is 3.46. The van der Waals surface area contributed by atoms with Gasteiger partial charge >= 0.3 is 0 Å². The van der Waals surface area contributed by atoms with Gasteiger partial charge in [-0.15, -0.1) is 0 Å². The van der Waals surface area contributed by atoms with Gasteiger partial charge in [0, 0.05) is 18.0 Å². The molecule has 2 N–H and O–H groups in total. The van der Waals surface area contributed by atoms with Gasteiger partial charge in [0.25, 0.3) is 11.5 Å². The molecule has 3 aliphatic rings. The number of hydrogen-bond acceptors (Lipinski definition) is 5. The van der Waals surface area contributed by atoms with Crippen molar-refractivity contribution in [2.24, 2.45) is 5.41 Å².